The van der Waals surface area contributed by atoms with Gasteiger partial charge in [-0.05, 0) is 42.7 Å². The lowest BCUT2D eigenvalue weighted by Crippen LogP contribution is -2.23. The van der Waals surface area contributed by atoms with Crippen molar-refractivity contribution in [1.82, 2.24) is 4.73 Å². The van der Waals surface area contributed by atoms with E-state index >= 15 is 0 Å². The fourth-order valence-electron chi connectivity index (χ4n) is 2.38. The van der Waals surface area contributed by atoms with Gasteiger partial charge in [0.15, 0.2) is 0 Å². The molecule has 1 atom stereocenters. The van der Waals surface area contributed by atoms with Gasteiger partial charge in [0, 0.05) is 6.07 Å². The maximum Gasteiger partial charge on any atom is 0.283 e. The number of aromatic nitrogens is 1. The van der Waals surface area contributed by atoms with Gasteiger partial charge in [0.25, 0.3) is 5.56 Å². The Morgan fingerprint density at radius 1 is 1.32 bits per heavy atom. The van der Waals surface area contributed by atoms with Crippen LogP contribution in [0.25, 0.3) is 0 Å². The Bertz CT molecular complexity index is 447. The minimum absolute atomic E-state index is 0.268. The first-order valence-electron chi connectivity index (χ1n) is 6.37. The second-order valence-electron chi connectivity index (χ2n) is 6.25. The van der Waals surface area contributed by atoms with Gasteiger partial charge in [-0.3, -0.25) is 4.79 Å². The molecule has 0 amide bonds. The summed E-state index contributed by atoms with van der Waals surface area (Å²) in [4.78, 5) is 11.4. The maximum absolute atomic E-state index is 11.4. The molecule has 0 aromatic carbocycles. The highest BCUT2D eigenvalue weighted by Crippen LogP contribution is 2.26. The Balaban J connectivity index is 0.00000154. The Morgan fingerprint density at radius 2 is 1.84 bits per heavy atom. The molecule has 0 saturated carbocycles. The first-order chi connectivity index (χ1) is 8.69. The van der Waals surface area contributed by atoms with Crippen molar-refractivity contribution in [2.75, 3.05) is 0 Å². The molecule has 1 aromatic heterocycles. The molecule has 0 aliphatic heterocycles. The van der Waals surface area contributed by atoms with Crippen LogP contribution in [0, 0.1) is 18.3 Å². The van der Waals surface area contributed by atoms with E-state index in [0.29, 0.717) is 11.6 Å². The summed E-state index contributed by atoms with van der Waals surface area (Å²) in [5.74, 6) is 3.94. The van der Waals surface area contributed by atoms with Crippen molar-refractivity contribution in [2.45, 2.75) is 47.5 Å². The van der Waals surface area contributed by atoms with Crippen LogP contribution in [-0.2, 0) is 6.42 Å². The summed E-state index contributed by atoms with van der Waals surface area (Å²) in [6, 6.07) is 3.32. The van der Waals surface area contributed by atoms with Crippen LogP contribution in [0.2, 0.25) is 0 Å². The zero-order chi connectivity index (χ0) is 15.2. The van der Waals surface area contributed by atoms with Gasteiger partial charge < -0.3 is 10.4 Å². The largest absolute Gasteiger partial charge is 0.425 e. The monoisotopic (exact) mass is 270 g/mol. The summed E-state index contributed by atoms with van der Waals surface area (Å²) in [5.41, 5.74) is 1.53. The Kier molecular flexibility index (Phi) is 6.79. The highest BCUT2D eigenvalue weighted by molar-refractivity contribution is 5.15. The Morgan fingerprint density at radius 3 is 2.32 bits per heavy atom. The normalized spacial score (nSPS) is 12.6. The van der Waals surface area contributed by atoms with Crippen molar-refractivity contribution in [3.63, 3.8) is 0 Å². The zero-order valence-electron chi connectivity index (χ0n) is 12.5. The fraction of sp³-hybridized carbons (Fsp3) is 0.643. The van der Waals surface area contributed by atoms with Crippen molar-refractivity contribution in [1.29, 1.82) is 0 Å². The number of hydrogen-bond donors (Lipinski definition) is 3. The fourth-order valence-corrected chi connectivity index (χ4v) is 2.38. The number of nitrogens with two attached hydrogens (primary N) is 1. The number of hydrogen-bond acceptors (Lipinski definition) is 4. The van der Waals surface area contributed by atoms with E-state index in [9.17, 15) is 10.0 Å². The van der Waals surface area contributed by atoms with Gasteiger partial charge in [0.1, 0.15) is 0 Å². The number of aryl methyl sites for hydroxylation is 1. The lowest BCUT2D eigenvalue weighted by molar-refractivity contribution is 0.160. The molecule has 1 unspecified atom stereocenters. The molecule has 5 nitrogen and oxygen atoms in total. The highest BCUT2D eigenvalue weighted by Gasteiger charge is 2.17. The molecule has 0 spiro atoms. The topological polar surface area (TPSA) is 88.5 Å². The van der Waals surface area contributed by atoms with Crippen LogP contribution < -0.4 is 11.5 Å². The summed E-state index contributed by atoms with van der Waals surface area (Å²) in [6.45, 7) is 10.6. The summed E-state index contributed by atoms with van der Waals surface area (Å²) < 4.78 is 0.770. The van der Waals surface area contributed by atoms with E-state index in [1.807, 2.05) is 13.0 Å². The maximum atomic E-state index is 11.4. The first kappa shape index (κ1) is 17.7. The van der Waals surface area contributed by atoms with E-state index in [1.165, 1.54) is 6.07 Å². The van der Waals surface area contributed by atoms with Crippen LogP contribution in [0.15, 0.2) is 16.9 Å². The third-order valence-electron chi connectivity index (χ3n) is 2.74. The second-order valence-corrected chi connectivity index (χ2v) is 6.25. The van der Waals surface area contributed by atoms with Gasteiger partial charge in [-0.2, -0.15) is 4.73 Å². The molecule has 1 heterocycles. The van der Waals surface area contributed by atoms with Crippen molar-refractivity contribution in [3.05, 3.63) is 33.7 Å². The van der Waals surface area contributed by atoms with Gasteiger partial charge in [0.05, 0.1) is 5.69 Å². The number of rotatable bonds is 3. The Labute approximate surface area is 114 Å². The molecule has 5 heteroatoms. The Hall–Kier alpha value is -1.33. The standard InChI is InChI=1S/C14H23NO2.H3NO/c1-10-6-12(15(17)13(16)8-10)7-11(2)9-14(3,4)5;1-2/h6,8,11,17H,7,9H2,1-5H3;2H,1H2. The molecule has 0 aliphatic carbocycles. The molecule has 0 saturated heterocycles. The molecule has 19 heavy (non-hydrogen) atoms. The minimum Gasteiger partial charge on any atom is -0.425 e. The quantitative estimate of drug-likeness (QED) is 0.581. The van der Waals surface area contributed by atoms with Crippen molar-refractivity contribution >= 4 is 0 Å². The van der Waals surface area contributed by atoms with Gasteiger partial charge in [-0.25, -0.2) is 5.90 Å². The highest BCUT2D eigenvalue weighted by atomic mass is 16.5. The van der Waals surface area contributed by atoms with Gasteiger partial charge in [-0.1, -0.05) is 27.7 Å². The van der Waals surface area contributed by atoms with Crippen LogP contribution in [0.1, 0.15) is 45.4 Å². The number of pyridine rings is 1. The predicted molar refractivity (Wildman–Crippen MR) is 75.5 cm³/mol. The zero-order valence-corrected chi connectivity index (χ0v) is 12.5. The smallest absolute Gasteiger partial charge is 0.283 e. The first-order valence-corrected chi connectivity index (χ1v) is 6.37. The molecule has 110 valence electrons. The van der Waals surface area contributed by atoms with Gasteiger partial charge in [0.2, 0.25) is 0 Å². The summed E-state index contributed by atoms with van der Waals surface area (Å²) in [6.07, 6.45) is 1.79. The van der Waals surface area contributed by atoms with E-state index in [4.69, 9.17) is 5.21 Å². The molecule has 0 radical (unpaired) electrons. The van der Waals surface area contributed by atoms with Crippen LogP contribution in [0.3, 0.4) is 0 Å². The number of nitrogens with zero attached hydrogens (tertiary/aromatic N) is 1. The average Bonchev–Trinajstić information content (AvgIpc) is 2.25. The van der Waals surface area contributed by atoms with Crippen molar-refractivity contribution < 1.29 is 10.4 Å². The minimum atomic E-state index is -0.344. The molecular weight excluding hydrogens is 244 g/mol. The molecule has 0 aliphatic rings. The third-order valence-corrected chi connectivity index (χ3v) is 2.74. The van der Waals surface area contributed by atoms with E-state index in [0.717, 1.165) is 23.1 Å². The van der Waals surface area contributed by atoms with E-state index in [2.05, 4.69) is 33.6 Å². The van der Waals surface area contributed by atoms with Crippen LogP contribution in [0.4, 0.5) is 0 Å². The lowest BCUT2D eigenvalue weighted by Gasteiger charge is -2.23. The SMILES string of the molecule is Cc1cc(CC(C)CC(C)(C)C)n(O)c(=O)c1.NO. The van der Waals surface area contributed by atoms with Crippen molar-refractivity contribution in [3.8, 4) is 0 Å². The molecule has 0 bridgehead atoms. The van der Waals surface area contributed by atoms with E-state index in [1.54, 1.807) is 0 Å². The molecular formula is C14H26N2O3. The lowest BCUT2D eigenvalue weighted by atomic mass is 9.83. The summed E-state index contributed by atoms with van der Waals surface area (Å²) in [5, 5.41) is 16.2. The molecule has 4 N–H and O–H groups in total. The van der Waals surface area contributed by atoms with Crippen molar-refractivity contribution in [2.24, 2.45) is 17.2 Å². The third kappa shape index (κ3) is 6.40. The summed E-state index contributed by atoms with van der Waals surface area (Å²) >= 11 is 0. The van der Waals surface area contributed by atoms with Crippen LogP contribution >= 0.6 is 0 Å². The molecule has 1 rings (SSSR count). The average molecular weight is 270 g/mol. The van der Waals surface area contributed by atoms with Gasteiger partial charge in [-0.15, -0.1) is 0 Å². The van der Waals surface area contributed by atoms with Crippen LogP contribution in [0.5, 0.6) is 0 Å². The van der Waals surface area contributed by atoms with Crippen LogP contribution in [-0.4, -0.2) is 15.1 Å². The van der Waals surface area contributed by atoms with Gasteiger partial charge >= 0.3 is 0 Å². The molecule has 0 fully saturated rings. The summed E-state index contributed by atoms with van der Waals surface area (Å²) in [7, 11) is 0. The predicted octanol–water partition coefficient (Wildman–Crippen LogP) is 2.34. The van der Waals surface area contributed by atoms with E-state index < -0.39 is 0 Å². The second kappa shape index (κ2) is 7.31. The van der Waals surface area contributed by atoms with E-state index in [-0.39, 0.29) is 11.0 Å². The molecule has 1 aromatic rings.